The van der Waals surface area contributed by atoms with Crippen LogP contribution in [0.4, 0.5) is 0 Å². The molecule has 1 unspecified atom stereocenters. The maximum Gasteiger partial charge on any atom is 0.243 e. The lowest BCUT2D eigenvalue weighted by molar-refractivity contribution is 0.263. The van der Waals surface area contributed by atoms with Gasteiger partial charge in [-0.1, -0.05) is 27.5 Å². The van der Waals surface area contributed by atoms with E-state index in [1.54, 1.807) is 22.5 Å². The van der Waals surface area contributed by atoms with E-state index in [-0.39, 0.29) is 0 Å². The van der Waals surface area contributed by atoms with Crippen LogP contribution in [0.25, 0.3) is 0 Å². The van der Waals surface area contributed by atoms with Crippen molar-refractivity contribution in [2.45, 2.75) is 24.2 Å². The number of alkyl halides is 1. The predicted octanol–water partition coefficient (Wildman–Crippen LogP) is 4.29. The highest BCUT2D eigenvalue weighted by atomic mass is 79.9. The molecule has 0 bridgehead atoms. The van der Waals surface area contributed by atoms with E-state index >= 15 is 0 Å². The fraction of sp³-hybridized carbons (Fsp3) is 0.538. The number of hydrogen-bond acceptors (Lipinski definition) is 2. The molecule has 1 aliphatic rings. The SMILES string of the molecule is O=S(=O)(c1ccc(Cl)c(Br)c1)N1CCCC(CCBr)C1. The summed E-state index contributed by atoms with van der Waals surface area (Å²) in [5.41, 5.74) is 0. The first-order valence-electron chi connectivity index (χ1n) is 6.46. The summed E-state index contributed by atoms with van der Waals surface area (Å²) in [7, 11) is -3.42. The molecule has 1 heterocycles. The van der Waals surface area contributed by atoms with Gasteiger partial charge < -0.3 is 0 Å². The predicted molar refractivity (Wildman–Crippen MR) is 89.0 cm³/mol. The third-order valence-electron chi connectivity index (χ3n) is 3.53. The van der Waals surface area contributed by atoms with E-state index in [9.17, 15) is 8.42 Å². The molecule has 1 aromatic rings. The topological polar surface area (TPSA) is 37.4 Å². The average Bonchev–Trinajstić information content (AvgIpc) is 2.42. The lowest BCUT2D eigenvalue weighted by Crippen LogP contribution is -2.40. The quantitative estimate of drug-likeness (QED) is 0.649. The Morgan fingerprint density at radius 2 is 2.15 bits per heavy atom. The largest absolute Gasteiger partial charge is 0.243 e. The Morgan fingerprint density at radius 3 is 2.80 bits per heavy atom. The van der Waals surface area contributed by atoms with Gasteiger partial charge in [-0.05, 0) is 59.3 Å². The van der Waals surface area contributed by atoms with Crippen molar-refractivity contribution in [3.05, 3.63) is 27.7 Å². The van der Waals surface area contributed by atoms with Crippen LogP contribution < -0.4 is 0 Å². The minimum absolute atomic E-state index is 0.299. The average molecular weight is 446 g/mol. The highest BCUT2D eigenvalue weighted by molar-refractivity contribution is 9.10. The summed E-state index contributed by atoms with van der Waals surface area (Å²) in [5, 5.41) is 1.43. The summed E-state index contributed by atoms with van der Waals surface area (Å²) >= 11 is 12.6. The van der Waals surface area contributed by atoms with E-state index < -0.39 is 10.0 Å². The molecule has 112 valence electrons. The summed E-state index contributed by atoms with van der Waals surface area (Å²) in [6.45, 7) is 1.20. The minimum atomic E-state index is -3.42. The molecule has 1 aromatic carbocycles. The van der Waals surface area contributed by atoms with Gasteiger partial charge in [0.2, 0.25) is 10.0 Å². The number of sulfonamides is 1. The van der Waals surface area contributed by atoms with E-state index in [4.69, 9.17) is 11.6 Å². The van der Waals surface area contributed by atoms with Crippen molar-refractivity contribution in [3.63, 3.8) is 0 Å². The van der Waals surface area contributed by atoms with Crippen molar-refractivity contribution < 1.29 is 8.42 Å². The minimum Gasteiger partial charge on any atom is -0.207 e. The normalized spacial score (nSPS) is 21.1. The molecule has 0 aromatic heterocycles. The van der Waals surface area contributed by atoms with Gasteiger partial charge in [0.25, 0.3) is 0 Å². The Morgan fingerprint density at radius 1 is 1.40 bits per heavy atom. The standard InChI is InChI=1S/C13H16Br2ClNO2S/c14-6-5-10-2-1-7-17(9-10)20(18,19)11-3-4-13(16)12(15)8-11/h3-4,8,10H,1-2,5-7,9H2. The summed E-state index contributed by atoms with van der Waals surface area (Å²) in [5.74, 6) is 0.439. The van der Waals surface area contributed by atoms with Gasteiger partial charge in [-0.25, -0.2) is 8.42 Å². The van der Waals surface area contributed by atoms with Gasteiger partial charge in [0, 0.05) is 22.9 Å². The molecule has 7 heteroatoms. The fourth-order valence-corrected chi connectivity index (χ4v) is 5.30. The fourth-order valence-electron chi connectivity index (χ4n) is 2.42. The molecule has 2 rings (SSSR count). The molecule has 0 spiro atoms. The molecule has 0 saturated carbocycles. The van der Waals surface area contributed by atoms with Crippen LogP contribution in [0.3, 0.4) is 0 Å². The zero-order valence-corrected chi connectivity index (χ0v) is 15.6. The highest BCUT2D eigenvalue weighted by Crippen LogP contribution is 2.29. The molecule has 20 heavy (non-hydrogen) atoms. The number of piperidine rings is 1. The maximum atomic E-state index is 12.7. The van der Waals surface area contributed by atoms with E-state index in [0.717, 1.165) is 24.6 Å². The van der Waals surface area contributed by atoms with Gasteiger partial charge in [0.15, 0.2) is 0 Å². The number of halogens is 3. The molecule has 0 N–H and O–H groups in total. The zero-order chi connectivity index (χ0) is 14.8. The molecule has 1 aliphatic heterocycles. The molecule has 0 aliphatic carbocycles. The van der Waals surface area contributed by atoms with Gasteiger partial charge in [-0.15, -0.1) is 0 Å². The van der Waals surface area contributed by atoms with Crippen molar-refractivity contribution in [2.24, 2.45) is 5.92 Å². The first-order chi connectivity index (χ1) is 9.45. The monoisotopic (exact) mass is 443 g/mol. The van der Waals surface area contributed by atoms with Crippen LogP contribution in [0.2, 0.25) is 5.02 Å². The lowest BCUT2D eigenvalue weighted by Gasteiger charge is -2.31. The summed E-state index contributed by atoms with van der Waals surface area (Å²) < 4.78 is 27.5. The molecule has 0 amide bonds. The second kappa shape index (κ2) is 7.09. The van der Waals surface area contributed by atoms with Crippen LogP contribution in [-0.4, -0.2) is 31.1 Å². The van der Waals surface area contributed by atoms with Gasteiger partial charge in [-0.2, -0.15) is 4.31 Å². The number of hydrogen-bond donors (Lipinski definition) is 0. The number of nitrogens with zero attached hydrogens (tertiary/aromatic N) is 1. The van der Waals surface area contributed by atoms with Crippen molar-refractivity contribution >= 4 is 53.5 Å². The first-order valence-corrected chi connectivity index (χ1v) is 10.2. The van der Waals surface area contributed by atoms with Gasteiger partial charge in [0.05, 0.1) is 9.92 Å². The van der Waals surface area contributed by atoms with Crippen LogP contribution in [-0.2, 0) is 10.0 Å². The van der Waals surface area contributed by atoms with Crippen LogP contribution in [0, 0.1) is 5.92 Å². The third-order valence-corrected chi connectivity index (χ3v) is 7.06. The van der Waals surface area contributed by atoms with Crippen molar-refractivity contribution in [1.29, 1.82) is 0 Å². The van der Waals surface area contributed by atoms with Crippen LogP contribution in [0.1, 0.15) is 19.3 Å². The molecule has 1 saturated heterocycles. The van der Waals surface area contributed by atoms with Gasteiger partial charge >= 0.3 is 0 Å². The van der Waals surface area contributed by atoms with Crippen molar-refractivity contribution in [3.8, 4) is 0 Å². The molecular formula is C13H16Br2ClNO2S. The summed E-state index contributed by atoms with van der Waals surface area (Å²) in [4.78, 5) is 0.299. The Labute approximate surface area is 142 Å². The number of benzene rings is 1. The van der Waals surface area contributed by atoms with E-state index in [0.29, 0.717) is 33.4 Å². The smallest absolute Gasteiger partial charge is 0.207 e. The third kappa shape index (κ3) is 3.77. The molecule has 1 atom stereocenters. The van der Waals surface area contributed by atoms with Gasteiger partial charge in [0.1, 0.15) is 0 Å². The molecular weight excluding hydrogens is 429 g/mol. The van der Waals surface area contributed by atoms with Crippen LogP contribution in [0.5, 0.6) is 0 Å². The van der Waals surface area contributed by atoms with Crippen molar-refractivity contribution in [1.82, 2.24) is 4.31 Å². The second-order valence-corrected chi connectivity index (χ2v) is 8.92. The molecule has 3 nitrogen and oxygen atoms in total. The zero-order valence-electron chi connectivity index (χ0n) is 10.9. The maximum absolute atomic E-state index is 12.7. The first kappa shape index (κ1) is 16.7. The van der Waals surface area contributed by atoms with E-state index in [1.807, 2.05) is 0 Å². The van der Waals surface area contributed by atoms with Crippen molar-refractivity contribution in [2.75, 3.05) is 18.4 Å². The summed E-state index contributed by atoms with van der Waals surface area (Å²) in [6, 6.07) is 4.75. The molecule has 1 fully saturated rings. The Balaban J connectivity index is 2.23. The van der Waals surface area contributed by atoms with Gasteiger partial charge in [-0.3, -0.25) is 0 Å². The Kier molecular flexibility index (Phi) is 5.94. The summed E-state index contributed by atoms with van der Waals surface area (Å²) in [6.07, 6.45) is 3.03. The van der Waals surface area contributed by atoms with E-state index in [1.165, 1.54) is 0 Å². The Hall–Kier alpha value is 0.380. The number of rotatable bonds is 4. The highest BCUT2D eigenvalue weighted by Gasteiger charge is 2.30. The van der Waals surface area contributed by atoms with Crippen LogP contribution >= 0.6 is 43.5 Å². The van der Waals surface area contributed by atoms with E-state index in [2.05, 4.69) is 31.9 Å². The molecule has 0 radical (unpaired) electrons. The lowest BCUT2D eigenvalue weighted by atomic mass is 9.97. The second-order valence-electron chi connectivity index (χ2n) is 4.92. The van der Waals surface area contributed by atoms with Crippen LogP contribution in [0.15, 0.2) is 27.6 Å². The Bertz CT molecular complexity index is 578.